The molecule has 60 valence electrons. The van der Waals surface area contributed by atoms with Gasteiger partial charge in [-0.25, -0.2) is 5.43 Å². The van der Waals surface area contributed by atoms with Crippen LogP contribution in [0.3, 0.4) is 0 Å². The fourth-order valence-electron chi connectivity index (χ4n) is 0.463. The van der Waals surface area contributed by atoms with Gasteiger partial charge >= 0.3 is 5.38 Å². The number of hydrogen-bond donors (Lipinski definition) is 2. The Morgan fingerprint density at radius 2 is 2.30 bits per heavy atom. The van der Waals surface area contributed by atoms with Crippen molar-refractivity contribution in [2.45, 2.75) is 17.8 Å². The van der Waals surface area contributed by atoms with Gasteiger partial charge in [0, 0.05) is 0 Å². The molecule has 0 aliphatic carbocycles. The quantitative estimate of drug-likeness (QED) is 0.288. The summed E-state index contributed by atoms with van der Waals surface area (Å²) in [5, 5.41) is -3.32. The number of hydrazine groups is 1. The number of nitrogens with two attached hydrogens (primary N) is 1. The molecule has 1 atom stereocenters. The summed E-state index contributed by atoms with van der Waals surface area (Å²) in [7, 11) is 0. The Hall–Kier alpha value is -0.190. The summed E-state index contributed by atoms with van der Waals surface area (Å²) in [6.07, 6.45) is 1.35. The maximum absolute atomic E-state index is 12.1. The molecule has 0 heterocycles. The third kappa shape index (κ3) is 3.10. The lowest BCUT2D eigenvalue weighted by Gasteiger charge is -2.18. The van der Waals surface area contributed by atoms with Gasteiger partial charge in [-0.2, -0.15) is 8.78 Å². The molecule has 0 amide bonds. The molecule has 0 bridgehead atoms. The topological polar surface area (TPSA) is 38.0 Å². The summed E-state index contributed by atoms with van der Waals surface area (Å²) in [5.41, 5.74) is 1.89. The van der Waals surface area contributed by atoms with Crippen LogP contribution in [-0.4, -0.2) is 11.4 Å². The fourth-order valence-corrected chi connectivity index (χ4v) is 0.615. The zero-order valence-corrected chi connectivity index (χ0v) is 6.04. The summed E-state index contributed by atoms with van der Waals surface area (Å²) in [6.45, 7) is 3.27. The Bertz CT molecular complexity index is 113. The molecule has 5 heteroatoms. The zero-order valence-electron chi connectivity index (χ0n) is 5.28. The predicted molar refractivity (Wildman–Crippen MR) is 36.7 cm³/mol. The zero-order chi connectivity index (χ0) is 8.20. The average molecular weight is 171 g/mol. The van der Waals surface area contributed by atoms with E-state index in [4.69, 9.17) is 5.84 Å². The van der Waals surface area contributed by atoms with Crippen molar-refractivity contribution >= 4 is 11.6 Å². The summed E-state index contributed by atoms with van der Waals surface area (Å²) in [5.74, 6) is 4.78. The normalized spacial score (nSPS) is 14.8. The minimum atomic E-state index is -3.32. The van der Waals surface area contributed by atoms with Gasteiger partial charge in [0.2, 0.25) is 0 Å². The van der Waals surface area contributed by atoms with Crippen molar-refractivity contribution in [2.75, 3.05) is 0 Å². The second-order valence-corrected chi connectivity index (χ2v) is 2.29. The molecule has 2 nitrogen and oxygen atoms in total. The molecule has 0 rings (SSSR count). The number of rotatable bonds is 4. The van der Waals surface area contributed by atoms with E-state index in [1.54, 1.807) is 0 Å². The maximum Gasteiger partial charge on any atom is 0.338 e. The van der Waals surface area contributed by atoms with Crippen molar-refractivity contribution in [3.05, 3.63) is 12.7 Å². The Labute approximate surface area is 63.0 Å². The molecule has 0 aromatic heterocycles. The largest absolute Gasteiger partial charge is 0.338 e. The van der Waals surface area contributed by atoms with Gasteiger partial charge in [-0.15, -0.1) is 6.58 Å². The maximum atomic E-state index is 12.1. The number of hydrogen-bond acceptors (Lipinski definition) is 2. The van der Waals surface area contributed by atoms with E-state index in [0.717, 1.165) is 0 Å². The Morgan fingerprint density at radius 1 is 1.80 bits per heavy atom. The molecule has 0 radical (unpaired) electrons. The van der Waals surface area contributed by atoms with E-state index >= 15 is 0 Å². The van der Waals surface area contributed by atoms with Crippen molar-refractivity contribution < 1.29 is 8.78 Å². The Balaban J connectivity index is 3.92. The van der Waals surface area contributed by atoms with E-state index < -0.39 is 11.4 Å². The lowest BCUT2D eigenvalue weighted by Crippen LogP contribution is -2.45. The van der Waals surface area contributed by atoms with Crippen molar-refractivity contribution in [2.24, 2.45) is 5.84 Å². The first kappa shape index (κ1) is 9.81. The van der Waals surface area contributed by atoms with Gasteiger partial charge in [0.15, 0.2) is 0 Å². The van der Waals surface area contributed by atoms with Crippen LogP contribution in [0, 0.1) is 0 Å². The molecule has 0 saturated carbocycles. The van der Waals surface area contributed by atoms with Crippen LogP contribution in [0.4, 0.5) is 8.78 Å². The van der Waals surface area contributed by atoms with Crippen molar-refractivity contribution in [3.8, 4) is 0 Å². The van der Waals surface area contributed by atoms with Gasteiger partial charge in [0.1, 0.15) is 6.04 Å². The molecule has 0 saturated heterocycles. The van der Waals surface area contributed by atoms with Crippen LogP contribution in [-0.2, 0) is 0 Å². The molecular formula is C5H9ClF2N2. The van der Waals surface area contributed by atoms with Crippen LogP contribution in [0.1, 0.15) is 6.42 Å². The average Bonchev–Trinajstić information content (AvgIpc) is 1.80. The molecule has 0 aliphatic rings. The van der Waals surface area contributed by atoms with Crippen molar-refractivity contribution in [1.82, 2.24) is 5.43 Å². The molecular weight excluding hydrogens is 162 g/mol. The molecule has 1 unspecified atom stereocenters. The predicted octanol–water partition coefficient (Wildman–Crippen LogP) is 1.23. The molecule has 3 N–H and O–H groups in total. The van der Waals surface area contributed by atoms with Crippen LogP contribution in [0.2, 0.25) is 0 Å². The second-order valence-electron chi connectivity index (χ2n) is 1.79. The van der Waals surface area contributed by atoms with Crippen molar-refractivity contribution in [1.29, 1.82) is 0 Å². The third-order valence-electron chi connectivity index (χ3n) is 0.999. The van der Waals surface area contributed by atoms with E-state index in [1.165, 1.54) is 6.08 Å². The third-order valence-corrected chi connectivity index (χ3v) is 1.26. The lowest BCUT2D eigenvalue weighted by molar-refractivity contribution is 0.0514. The number of alkyl halides is 3. The van der Waals surface area contributed by atoms with Gasteiger partial charge in [-0.3, -0.25) is 5.84 Å². The molecule has 0 aromatic carbocycles. The monoisotopic (exact) mass is 170 g/mol. The van der Waals surface area contributed by atoms with E-state index in [-0.39, 0.29) is 6.42 Å². The van der Waals surface area contributed by atoms with Gasteiger partial charge < -0.3 is 0 Å². The van der Waals surface area contributed by atoms with Gasteiger partial charge in [-0.05, 0) is 18.0 Å². The van der Waals surface area contributed by atoms with Gasteiger partial charge in [0.05, 0.1) is 0 Å². The molecule has 10 heavy (non-hydrogen) atoms. The van der Waals surface area contributed by atoms with Crippen LogP contribution < -0.4 is 11.3 Å². The van der Waals surface area contributed by atoms with Crippen LogP contribution in [0.25, 0.3) is 0 Å². The van der Waals surface area contributed by atoms with E-state index in [9.17, 15) is 8.78 Å². The fraction of sp³-hybridized carbons (Fsp3) is 0.600. The summed E-state index contributed by atoms with van der Waals surface area (Å²) in [6, 6.07) is -1.24. The highest BCUT2D eigenvalue weighted by atomic mass is 35.5. The Morgan fingerprint density at radius 3 is 2.40 bits per heavy atom. The highest BCUT2D eigenvalue weighted by molar-refractivity contribution is 6.22. The Kier molecular flexibility index (Phi) is 3.78. The summed E-state index contributed by atoms with van der Waals surface area (Å²) >= 11 is 4.65. The number of nitrogens with one attached hydrogen (secondary N) is 1. The molecule has 0 spiro atoms. The van der Waals surface area contributed by atoms with Gasteiger partial charge in [-0.1, -0.05) is 6.08 Å². The first-order valence-electron chi connectivity index (χ1n) is 2.66. The summed E-state index contributed by atoms with van der Waals surface area (Å²) in [4.78, 5) is 0. The van der Waals surface area contributed by atoms with Crippen LogP contribution in [0.15, 0.2) is 12.7 Å². The van der Waals surface area contributed by atoms with Crippen LogP contribution in [0.5, 0.6) is 0 Å². The highest BCUT2D eigenvalue weighted by Gasteiger charge is 2.35. The second kappa shape index (κ2) is 3.85. The minimum Gasteiger partial charge on any atom is -0.271 e. The molecule has 0 fully saturated rings. The first-order valence-corrected chi connectivity index (χ1v) is 3.04. The van der Waals surface area contributed by atoms with E-state index in [0.29, 0.717) is 0 Å². The van der Waals surface area contributed by atoms with Crippen molar-refractivity contribution in [3.63, 3.8) is 0 Å². The summed E-state index contributed by atoms with van der Waals surface area (Å²) < 4.78 is 24.3. The molecule has 0 aromatic rings. The number of halogens is 3. The minimum absolute atomic E-state index is 0.0347. The highest BCUT2D eigenvalue weighted by Crippen LogP contribution is 2.24. The SMILES string of the molecule is C=CCC(NN)C(F)(F)Cl. The first-order chi connectivity index (χ1) is 4.52. The van der Waals surface area contributed by atoms with Crippen LogP contribution >= 0.6 is 11.6 Å². The van der Waals surface area contributed by atoms with E-state index in [2.05, 4.69) is 18.2 Å². The van der Waals surface area contributed by atoms with E-state index in [1.807, 2.05) is 5.43 Å². The lowest BCUT2D eigenvalue weighted by atomic mass is 10.2. The molecule has 0 aliphatic heterocycles. The van der Waals surface area contributed by atoms with Gasteiger partial charge in [0.25, 0.3) is 0 Å². The smallest absolute Gasteiger partial charge is 0.271 e. The standard InChI is InChI=1S/C5H9ClF2N2/c1-2-3-4(10-9)5(6,7)8/h2,4,10H,1,3,9H2.